The fraction of sp³-hybridized carbons (Fsp3) is 0.364. The van der Waals surface area contributed by atoms with Crippen LogP contribution in [0.25, 0.3) is 11.3 Å². The average Bonchev–Trinajstić information content (AvgIpc) is 3.71. The minimum Gasteiger partial charge on any atom is -0.477 e. The van der Waals surface area contributed by atoms with Gasteiger partial charge in [-0.2, -0.15) is 0 Å². The Labute approximate surface area is 201 Å². The quantitative estimate of drug-likeness (QED) is 0.427. The van der Waals surface area contributed by atoms with Crippen molar-refractivity contribution in [1.29, 1.82) is 0 Å². The van der Waals surface area contributed by atoms with Gasteiger partial charge in [0, 0.05) is 18.0 Å². The molecule has 0 bridgehead atoms. The number of carbonyl (C=O) groups is 1. The van der Waals surface area contributed by atoms with Crippen LogP contribution in [0.1, 0.15) is 38.8 Å². The fourth-order valence-corrected chi connectivity index (χ4v) is 4.49. The number of hydrogen-bond acceptors (Lipinski definition) is 9. The predicted octanol–water partition coefficient (Wildman–Crippen LogP) is 2.84. The Balaban J connectivity index is 1.50. The average molecular weight is 502 g/mol. The van der Waals surface area contributed by atoms with E-state index < -0.39 is 26.8 Å². The highest BCUT2D eigenvalue weighted by atomic mass is 32.2. The Hall–Kier alpha value is -3.74. The number of pyridine rings is 1. The van der Waals surface area contributed by atoms with E-state index in [0.29, 0.717) is 36.6 Å². The minimum atomic E-state index is -3.64. The third kappa shape index (κ3) is 5.50. The van der Waals surface area contributed by atoms with E-state index in [0.717, 1.165) is 0 Å². The van der Waals surface area contributed by atoms with Gasteiger partial charge in [-0.25, -0.2) is 32.7 Å². The smallest absolute Gasteiger partial charge is 0.269 e. The summed E-state index contributed by atoms with van der Waals surface area (Å²) >= 11 is 0. The molecule has 3 aromatic heterocycles. The van der Waals surface area contributed by atoms with Gasteiger partial charge in [-0.15, -0.1) is 0 Å². The van der Waals surface area contributed by atoms with Crippen molar-refractivity contribution in [1.82, 2.24) is 24.9 Å². The SMILES string of the molecule is CCOc1cncc(-c2ccc(NC(=O)[C@](F)(CC)c3ccnc(NS(=O)(=O)C4CC4)n3)nc2)n1. The molecule has 0 radical (unpaired) electrons. The molecule has 0 saturated heterocycles. The van der Waals surface area contributed by atoms with Gasteiger partial charge in [-0.1, -0.05) is 6.92 Å². The van der Waals surface area contributed by atoms with Crippen molar-refractivity contribution in [2.24, 2.45) is 0 Å². The number of amides is 1. The maximum absolute atomic E-state index is 15.8. The first-order valence-corrected chi connectivity index (χ1v) is 12.6. The van der Waals surface area contributed by atoms with E-state index in [2.05, 4.69) is 35.0 Å². The van der Waals surface area contributed by atoms with Gasteiger partial charge >= 0.3 is 0 Å². The Morgan fingerprint density at radius 3 is 2.60 bits per heavy atom. The van der Waals surface area contributed by atoms with Gasteiger partial charge in [0.25, 0.3) is 5.91 Å². The molecule has 2 N–H and O–H groups in total. The molecule has 3 heterocycles. The van der Waals surface area contributed by atoms with Gasteiger partial charge in [0.2, 0.25) is 27.5 Å². The summed E-state index contributed by atoms with van der Waals surface area (Å²) in [7, 11) is -3.64. The van der Waals surface area contributed by atoms with Gasteiger partial charge in [-0.3, -0.25) is 14.5 Å². The van der Waals surface area contributed by atoms with Crippen LogP contribution in [0.15, 0.2) is 43.0 Å². The van der Waals surface area contributed by atoms with Gasteiger partial charge in [-0.05, 0) is 44.4 Å². The molecule has 0 spiro atoms. The zero-order valence-corrected chi connectivity index (χ0v) is 19.9. The lowest BCUT2D eigenvalue weighted by molar-refractivity contribution is -0.128. The van der Waals surface area contributed by atoms with Crippen LogP contribution in [0.5, 0.6) is 5.88 Å². The van der Waals surface area contributed by atoms with Crippen LogP contribution in [0, 0.1) is 0 Å². The van der Waals surface area contributed by atoms with E-state index in [1.54, 1.807) is 12.3 Å². The normalized spacial score (nSPS) is 15.2. The van der Waals surface area contributed by atoms with Crippen LogP contribution < -0.4 is 14.8 Å². The van der Waals surface area contributed by atoms with Crippen molar-refractivity contribution in [3.8, 4) is 17.1 Å². The van der Waals surface area contributed by atoms with Gasteiger partial charge in [0.05, 0.1) is 35.6 Å². The lowest BCUT2D eigenvalue weighted by Gasteiger charge is -2.22. The number of aromatic nitrogens is 5. The summed E-state index contributed by atoms with van der Waals surface area (Å²) in [5, 5.41) is 1.95. The van der Waals surface area contributed by atoms with E-state index in [1.165, 1.54) is 37.6 Å². The number of sulfonamides is 1. The summed E-state index contributed by atoms with van der Waals surface area (Å²) in [5.74, 6) is -0.785. The molecule has 11 nitrogen and oxygen atoms in total. The summed E-state index contributed by atoms with van der Waals surface area (Å²) in [6.07, 6.45) is 6.57. The summed E-state index contributed by atoms with van der Waals surface area (Å²) < 4.78 is 47.8. The van der Waals surface area contributed by atoms with Gasteiger partial charge in [0.1, 0.15) is 5.82 Å². The third-order valence-electron chi connectivity index (χ3n) is 5.31. The summed E-state index contributed by atoms with van der Waals surface area (Å²) in [6, 6.07) is 4.40. The number of anilines is 2. The maximum Gasteiger partial charge on any atom is 0.269 e. The first kappa shape index (κ1) is 24.4. The molecule has 1 aliphatic rings. The molecule has 0 unspecified atom stereocenters. The lowest BCUT2D eigenvalue weighted by Crippen LogP contribution is -2.37. The highest BCUT2D eigenvalue weighted by molar-refractivity contribution is 7.93. The van der Waals surface area contributed by atoms with Crippen molar-refractivity contribution in [2.45, 2.75) is 44.0 Å². The summed E-state index contributed by atoms with van der Waals surface area (Å²) in [6.45, 7) is 3.77. The second-order valence-corrected chi connectivity index (χ2v) is 9.79. The fourth-order valence-electron chi connectivity index (χ4n) is 3.21. The largest absolute Gasteiger partial charge is 0.477 e. The molecule has 4 rings (SSSR count). The Bertz CT molecular complexity index is 1320. The molecule has 1 atom stereocenters. The van der Waals surface area contributed by atoms with E-state index in [1.807, 2.05) is 6.92 Å². The van der Waals surface area contributed by atoms with Crippen molar-refractivity contribution < 1.29 is 22.3 Å². The number of nitrogens with one attached hydrogen (secondary N) is 2. The van der Waals surface area contributed by atoms with Gasteiger partial charge in [0.15, 0.2) is 0 Å². The molecule has 1 saturated carbocycles. The standard InChI is InChI=1S/C22H24FN7O4S/c1-3-22(23,17-9-10-25-21(28-17)30-35(32,33)15-6-7-15)20(31)29-18-8-5-14(11-26-18)16-12-24-13-19(27-16)34-4-2/h5,8-13,15H,3-4,6-7H2,1-2H3,(H,25,28,30)(H,26,29,31)/t22-/m0/s1. The lowest BCUT2D eigenvalue weighted by atomic mass is 9.97. The number of ether oxygens (including phenoxy) is 1. The molecule has 1 amide bonds. The molecule has 13 heteroatoms. The van der Waals surface area contributed by atoms with E-state index in [4.69, 9.17) is 4.74 Å². The Kier molecular flexibility index (Phi) is 6.87. The topological polar surface area (TPSA) is 149 Å². The van der Waals surface area contributed by atoms with Crippen LogP contribution in [-0.4, -0.2) is 51.1 Å². The number of alkyl halides is 1. The predicted molar refractivity (Wildman–Crippen MR) is 126 cm³/mol. The Morgan fingerprint density at radius 2 is 1.94 bits per heavy atom. The minimum absolute atomic E-state index is 0.117. The van der Waals surface area contributed by atoms with Crippen LogP contribution >= 0.6 is 0 Å². The molecule has 0 aliphatic heterocycles. The first-order chi connectivity index (χ1) is 16.7. The van der Waals surface area contributed by atoms with Crippen LogP contribution in [0.2, 0.25) is 0 Å². The van der Waals surface area contributed by atoms with Crippen molar-refractivity contribution in [3.05, 3.63) is 48.7 Å². The monoisotopic (exact) mass is 501 g/mol. The molecule has 184 valence electrons. The maximum atomic E-state index is 15.8. The zero-order valence-electron chi connectivity index (χ0n) is 19.1. The van der Waals surface area contributed by atoms with Crippen LogP contribution in [-0.2, 0) is 20.5 Å². The molecule has 35 heavy (non-hydrogen) atoms. The molecule has 1 fully saturated rings. The third-order valence-corrected chi connectivity index (χ3v) is 7.13. The highest BCUT2D eigenvalue weighted by Gasteiger charge is 2.41. The van der Waals surface area contributed by atoms with E-state index >= 15 is 4.39 Å². The van der Waals surface area contributed by atoms with Crippen molar-refractivity contribution in [2.75, 3.05) is 16.6 Å². The van der Waals surface area contributed by atoms with E-state index in [-0.39, 0.29) is 23.9 Å². The number of halogens is 1. The second-order valence-electron chi connectivity index (χ2n) is 7.83. The molecule has 0 aromatic carbocycles. The van der Waals surface area contributed by atoms with Gasteiger partial charge < -0.3 is 10.1 Å². The van der Waals surface area contributed by atoms with Crippen molar-refractivity contribution >= 4 is 27.7 Å². The molecule has 1 aliphatic carbocycles. The number of nitrogens with zero attached hydrogens (tertiary/aromatic N) is 5. The van der Waals surface area contributed by atoms with Crippen LogP contribution in [0.3, 0.4) is 0 Å². The summed E-state index contributed by atoms with van der Waals surface area (Å²) in [5.41, 5.74) is -1.65. The summed E-state index contributed by atoms with van der Waals surface area (Å²) in [4.78, 5) is 33.3. The number of rotatable bonds is 10. The zero-order chi connectivity index (χ0) is 25.1. The number of hydrogen-bond donors (Lipinski definition) is 2. The van der Waals surface area contributed by atoms with Crippen molar-refractivity contribution in [3.63, 3.8) is 0 Å². The van der Waals surface area contributed by atoms with Crippen LogP contribution in [0.4, 0.5) is 16.2 Å². The molecular formula is C22H24FN7O4S. The van der Waals surface area contributed by atoms with E-state index in [9.17, 15) is 13.2 Å². The second kappa shape index (κ2) is 9.86. The highest BCUT2D eigenvalue weighted by Crippen LogP contribution is 2.32. The molecular weight excluding hydrogens is 477 g/mol. The number of carbonyl (C=O) groups excluding carboxylic acids is 1. The first-order valence-electron chi connectivity index (χ1n) is 11.0. The molecule has 3 aromatic rings. The Morgan fingerprint density at radius 1 is 1.14 bits per heavy atom.